The highest BCUT2D eigenvalue weighted by molar-refractivity contribution is 7.20. The zero-order valence-electron chi connectivity index (χ0n) is 12.3. The van der Waals surface area contributed by atoms with Gasteiger partial charge in [0, 0.05) is 17.0 Å². The third-order valence-corrected chi connectivity index (χ3v) is 4.13. The van der Waals surface area contributed by atoms with Gasteiger partial charge in [0.15, 0.2) is 0 Å². The van der Waals surface area contributed by atoms with Gasteiger partial charge < -0.3 is 11.1 Å². The molecule has 0 unspecified atom stereocenters. The molecule has 0 saturated heterocycles. The van der Waals surface area contributed by atoms with Crippen molar-refractivity contribution in [1.29, 1.82) is 0 Å². The van der Waals surface area contributed by atoms with Crippen LogP contribution < -0.4 is 11.1 Å². The van der Waals surface area contributed by atoms with E-state index in [1.165, 1.54) is 11.3 Å². The van der Waals surface area contributed by atoms with Gasteiger partial charge in [-0.1, -0.05) is 30.3 Å². The molecule has 3 N–H and O–H groups in total. The number of carbonyl (C=O) groups excluding carboxylic acids is 1. The second kappa shape index (κ2) is 5.73. The normalized spacial score (nSPS) is 11.0. The molecule has 0 radical (unpaired) electrons. The van der Waals surface area contributed by atoms with Crippen molar-refractivity contribution in [2.75, 3.05) is 5.73 Å². The summed E-state index contributed by atoms with van der Waals surface area (Å²) in [7, 11) is 0. The quantitative estimate of drug-likeness (QED) is 0.779. The van der Waals surface area contributed by atoms with E-state index >= 15 is 0 Å². The van der Waals surface area contributed by atoms with Crippen molar-refractivity contribution in [3.63, 3.8) is 0 Å². The Morgan fingerprint density at radius 2 is 1.95 bits per heavy atom. The van der Waals surface area contributed by atoms with E-state index in [2.05, 4.69) is 15.3 Å². The molecule has 6 heteroatoms. The van der Waals surface area contributed by atoms with Crippen LogP contribution in [0.25, 0.3) is 21.5 Å². The summed E-state index contributed by atoms with van der Waals surface area (Å²) < 4.78 is 0. The van der Waals surface area contributed by atoms with Gasteiger partial charge in [0.2, 0.25) is 5.95 Å². The second-order valence-corrected chi connectivity index (χ2v) is 6.28. The third-order valence-electron chi connectivity index (χ3n) is 3.10. The number of thiophene rings is 1. The Balaban J connectivity index is 2.14. The number of nitrogen functional groups attached to an aromatic ring is 1. The Bertz CT molecular complexity index is 827. The van der Waals surface area contributed by atoms with E-state index in [1.807, 2.05) is 50.2 Å². The van der Waals surface area contributed by atoms with Crippen molar-refractivity contribution < 1.29 is 4.79 Å². The van der Waals surface area contributed by atoms with E-state index in [0.717, 1.165) is 21.5 Å². The van der Waals surface area contributed by atoms with Crippen LogP contribution in [0.15, 0.2) is 36.4 Å². The number of amides is 1. The highest BCUT2D eigenvalue weighted by Crippen LogP contribution is 2.32. The number of fused-ring (bicyclic) bond motifs is 1. The molecule has 0 spiro atoms. The summed E-state index contributed by atoms with van der Waals surface area (Å²) in [4.78, 5) is 22.1. The fourth-order valence-corrected chi connectivity index (χ4v) is 3.14. The Morgan fingerprint density at radius 3 is 2.64 bits per heavy atom. The van der Waals surface area contributed by atoms with Gasteiger partial charge in [-0.3, -0.25) is 4.79 Å². The number of nitrogens with one attached hydrogen (secondary N) is 1. The maximum absolute atomic E-state index is 12.2. The van der Waals surface area contributed by atoms with Crippen LogP contribution in [0, 0.1) is 0 Å². The number of rotatable bonds is 3. The van der Waals surface area contributed by atoms with Gasteiger partial charge in [-0.15, -0.1) is 11.3 Å². The number of nitrogens with zero attached hydrogens (tertiary/aromatic N) is 2. The van der Waals surface area contributed by atoms with E-state index in [0.29, 0.717) is 4.88 Å². The summed E-state index contributed by atoms with van der Waals surface area (Å²) in [6, 6.07) is 11.7. The first-order valence-electron chi connectivity index (χ1n) is 6.98. The lowest BCUT2D eigenvalue weighted by Crippen LogP contribution is -2.29. The predicted octanol–water partition coefficient (Wildman–Crippen LogP) is 3.08. The number of aromatic nitrogens is 2. The lowest BCUT2D eigenvalue weighted by atomic mass is 10.1. The van der Waals surface area contributed by atoms with Gasteiger partial charge in [-0.05, 0) is 19.9 Å². The molecule has 1 amide bonds. The molecule has 3 aromatic rings. The van der Waals surface area contributed by atoms with Gasteiger partial charge in [-0.25, -0.2) is 9.97 Å². The summed E-state index contributed by atoms with van der Waals surface area (Å²) in [6.45, 7) is 3.86. The second-order valence-electron chi connectivity index (χ2n) is 5.25. The minimum absolute atomic E-state index is 0.0856. The molecule has 0 aliphatic rings. The molecule has 22 heavy (non-hydrogen) atoms. The molecule has 0 saturated carbocycles. The number of carbonyl (C=O) groups is 1. The maximum Gasteiger partial charge on any atom is 0.261 e. The van der Waals surface area contributed by atoms with Crippen LogP contribution >= 0.6 is 11.3 Å². The molecule has 0 atom stereocenters. The van der Waals surface area contributed by atoms with Crippen molar-refractivity contribution in [1.82, 2.24) is 15.3 Å². The van der Waals surface area contributed by atoms with Crippen molar-refractivity contribution in [2.24, 2.45) is 0 Å². The molecule has 3 rings (SSSR count). The highest BCUT2D eigenvalue weighted by Gasteiger charge is 2.16. The number of benzene rings is 1. The first-order chi connectivity index (χ1) is 10.5. The Kier molecular flexibility index (Phi) is 3.77. The number of hydrogen-bond donors (Lipinski definition) is 2. The van der Waals surface area contributed by atoms with Crippen molar-refractivity contribution in [3.05, 3.63) is 41.3 Å². The third kappa shape index (κ3) is 2.78. The van der Waals surface area contributed by atoms with Crippen molar-refractivity contribution in [3.8, 4) is 11.3 Å². The summed E-state index contributed by atoms with van der Waals surface area (Å²) in [5.74, 6) is 0.111. The standard InChI is InChI=1S/C16H16N4OS/c1-9(2)18-14(21)12-8-11-13(10-6-4-3-5-7-10)19-16(17)20-15(11)22-12/h3-9H,1-2H3,(H,18,21)(H2,17,19,20). The fourth-order valence-electron chi connectivity index (χ4n) is 2.20. The van der Waals surface area contributed by atoms with Crippen molar-refractivity contribution >= 4 is 33.4 Å². The topological polar surface area (TPSA) is 80.9 Å². The molecular formula is C16H16N4OS. The van der Waals surface area contributed by atoms with Crippen LogP contribution in [0.5, 0.6) is 0 Å². The summed E-state index contributed by atoms with van der Waals surface area (Å²) in [5, 5.41) is 3.73. The zero-order chi connectivity index (χ0) is 15.7. The molecule has 5 nitrogen and oxygen atoms in total. The zero-order valence-corrected chi connectivity index (χ0v) is 13.1. The largest absolute Gasteiger partial charge is 0.368 e. The van der Waals surface area contributed by atoms with Gasteiger partial charge >= 0.3 is 0 Å². The van der Waals surface area contributed by atoms with Crippen LogP contribution in [0.3, 0.4) is 0 Å². The Labute approximate surface area is 132 Å². The molecule has 2 heterocycles. The van der Waals surface area contributed by atoms with E-state index in [-0.39, 0.29) is 17.9 Å². The Morgan fingerprint density at radius 1 is 1.23 bits per heavy atom. The monoisotopic (exact) mass is 312 g/mol. The SMILES string of the molecule is CC(C)NC(=O)c1cc2c(-c3ccccc3)nc(N)nc2s1. The average molecular weight is 312 g/mol. The van der Waals surface area contributed by atoms with Crippen LogP contribution in [-0.2, 0) is 0 Å². The van der Waals surface area contributed by atoms with Crippen LogP contribution in [-0.4, -0.2) is 21.9 Å². The summed E-state index contributed by atoms with van der Waals surface area (Å²) in [5.41, 5.74) is 7.52. The average Bonchev–Trinajstić information content (AvgIpc) is 2.90. The van der Waals surface area contributed by atoms with E-state index in [1.54, 1.807) is 0 Å². The highest BCUT2D eigenvalue weighted by atomic mass is 32.1. The maximum atomic E-state index is 12.2. The van der Waals surface area contributed by atoms with Gasteiger partial charge in [0.05, 0.1) is 10.6 Å². The van der Waals surface area contributed by atoms with E-state index < -0.39 is 0 Å². The predicted molar refractivity (Wildman–Crippen MR) is 89.9 cm³/mol. The first-order valence-corrected chi connectivity index (χ1v) is 7.79. The molecule has 0 bridgehead atoms. The fraction of sp³-hybridized carbons (Fsp3) is 0.188. The lowest BCUT2D eigenvalue weighted by molar-refractivity contribution is 0.0947. The minimum Gasteiger partial charge on any atom is -0.368 e. The molecule has 112 valence electrons. The summed E-state index contributed by atoms with van der Waals surface area (Å²) >= 11 is 1.33. The number of hydrogen-bond acceptors (Lipinski definition) is 5. The molecule has 0 aliphatic carbocycles. The molecule has 1 aromatic carbocycles. The molecule has 0 aliphatic heterocycles. The first kappa shape index (κ1) is 14.5. The van der Waals surface area contributed by atoms with Crippen LogP contribution in [0.2, 0.25) is 0 Å². The van der Waals surface area contributed by atoms with Crippen molar-refractivity contribution in [2.45, 2.75) is 19.9 Å². The van der Waals surface area contributed by atoms with Gasteiger partial charge in [0.1, 0.15) is 4.83 Å². The number of nitrogens with two attached hydrogens (primary N) is 1. The van der Waals surface area contributed by atoms with Crippen LogP contribution in [0.4, 0.5) is 5.95 Å². The minimum atomic E-state index is -0.101. The Hall–Kier alpha value is -2.47. The summed E-state index contributed by atoms with van der Waals surface area (Å²) in [6.07, 6.45) is 0. The smallest absolute Gasteiger partial charge is 0.261 e. The molecular weight excluding hydrogens is 296 g/mol. The molecule has 0 fully saturated rings. The van der Waals surface area contributed by atoms with Gasteiger partial charge in [0.25, 0.3) is 5.91 Å². The molecule has 2 aromatic heterocycles. The lowest BCUT2D eigenvalue weighted by Gasteiger charge is -2.05. The van der Waals surface area contributed by atoms with E-state index in [4.69, 9.17) is 5.73 Å². The van der Waals surface area contributed by atoms with Crippen LogP contribution in [0.1, 0.15) is 23.5 Å². The number of anilines is 1. The van der Waals surface area contributed by atoms with Gasteiger partial charge in [-0.2, -0.15) is 0 Å². The van der Waals surface area contributed by atoms with E-state index in [9.17, 15) is 4.79 Å².